The van der Waals surface area contributed by atoms with Gasteiger partial charge in [0.05, 0.1) is 16.2 Å². The molecule has 0 spiro atoms. The second-order valence-electron chi connectivity index (χ2n) is 4.62. The Labute approximate surface area is 121 Å². The number of benzene rings is 2. The average Bonchev–Trinajstić information content (AvgIpc) is 2.75. The lowest BCUT2D eigenvalue weighted by Crippen LogP contribution is -2.02. The third-order valence-electron chi connectivity index (χ3n) is 3.29. The topological polar surface area (TPSA) is 14.2 Å². The fourth-order valence-electron chi connectivity index (χ4n) is 2.27. The zero-order valence-corrected chi connectivity index (χ0v) is 11.7. The van der Waals surface area contributed by atoms with Crippen LogP contribution in [0.2, 0.25) is 5.02 Å². The van der Waals surface area contributed by atoms with E-state index in [0.717, 1.165) is 16.6 Å². The lowest BCUT2D eigenvalue weighted by molar-refractivity contribution is 0.296. The zero-order chi connectivity index (χ0) is 14.1. The molecule has 0 unspecified atom stereocenters. The van der Waals surface area contributed by atoms with Crippen LogP contribution >= 0.6 is 11.6 Å². The molecule has 20 heavy (non-hydrogen) atoms. The average molecular weight is 290 g/mol. The highest BCUT2D eigenvalue weighted by molar-refractivity contribution is 6.35. The number of hydrogen-bond donors (Lipinski definition) is 0. The minimum absolute atomic E-state index is 0.303. The second-order valence-corrected chi connectivity index (χ2v) is 5.03. The maximum Gasteiger partial charge on any atom is 0.128 e. The highest BCUT2D eigenvalue weighted by Crippen LogP contribution is 2.26. The molecule has 0 amide bonds. The van der Waals surface area contributed by atoms with Crippen molar-refractivity contribution in [1.29, 1.82) is 0 Å². The summed E-state index contributed by atoms with van der Waals surface area (Å²) in [7, 11) is 1.94. The van der Waals surface area contributed by atoms with Gasteiger partial charge >= 0.3 is 0 Å². The van der Waals surface area contributed by atoms with E-state index in [-0.39, 0.29) is 5.82 Å². The third-order valence-corrected chi connectivity index (χ3v) is 3.59. The molecular weight excluding hydrogens is 277 g/mol. The van der Waals surface area contributed by atoms with Gasteiger partial charge in [-0.05, 0) is 24.3 Å². The fraction of sp³-hybridized carbons (Fsp3) is 0.125. The largest absolute Gasteiger partial charge is 0.487 e. The van der Waals surface area contributed by atoms with Gasteiger partial charge in [0.25, 0.3) is 0 Å². The molecule has 0 aliphatic rings. The van der Waals surface area contributed by atoms with E-state index in [0.29, 0.717) is 17.4 Å². The number of hydrogen-bond acceptors (Lipinski definition) is 1. The van der Waals surface area contributed by atoms with E-state index >= 15 is 0 Å². The number of fused-ring (bicyclic) bond motifs is 1. The van der Waals surface area contributed by atoms with Crippen LogP contribution in [0.25, 0.3) is 10.9 Å². The van der Waals surface area contributed by atoms with Crippen LogP contribution in [-0.2, 0) is 13.7 Å². The van der Waals surface area contributed by atoms with Crippen molar-refractivity contribution in [2.24, 2.45) is 7.05 Å². The number of aryl methyl sites for hydroxylation is 1. The molecule has 0 atom stereocenters. The van der Waals surface area contributed by atoms with Gasteiger partial charge in [-0.1, -0.05) is 29.8 Å². The molecule has 0 saturated heterocycles. The van der Waals surface area contributed by atoms with E-state index in [4.69, 9.17) is 16.3 Å². The zero-order valence-electron chi connectivity index (χ0n) is 10.9. The number of halogens is 2. The molecule has 0 aliphatic carbocycles. The van der Waals surface area contributed by atoms with Gasteiger partial charge in [-0.2, -0.15) is 0 Å². The van der Waals surface area contributed by atoms with Crippen LogP contribution in [0.3, 0.4) is 0 Å². The van der Waals surface area contributed by atoms with Gasteiger partial charge in [0.15, 0.2) is 0 Å². The number of aromatic nitrogens is 1. The van der Waals surface area contributed by atoms with Crippen LogP contribution in [0.4, 0.5) is 4.39 Å². The van der Waals surface area contributed by atoms with E-state index < -0.39 is 0 Å². The fourth-order valence-corrected chi connectivity index (χ4v) is 2.58. The summed E-state index contributed by atoms with van der Waals surface area (Å²) >= 11 is 6.20. The number of para-hydroxylation sites is 1. The van der Waals surface area contributed by atoms with Crippen LogP contribution < -0.4 is 4.74 Å². The minimum Gasteiger partial charge on any atom is -0.487 e. The predicted molar refractivity (Wildman–Crippen MR) is 78.7 cm³/mol. The molecule has 0 fully saturated rings. The Morgan fingerprint density at radius 2 is 1.95 bits per heavy atom. The number of nitrogens with zero attached hydrogens (tertiary/aromatic N) is 1. The van der Waals surface area contributed by atoms with Gasteiger partial charge in [0, 0.05) is 18.5 Å². The Kier molecular flexibility index (Phi) is 3.36. The first-order chi connectivity index (χ1) is 9.65. The molecule has 0 bridgehead atoms. The summed E-state index contributed by atoms with van der Waals surface area (Å²) in [6.07, 6.45) is 0. The summed E-state index contributed by atoms with van der Waals surface area (Å²) in [4.78, 5) is 0. The third kappa shape index (κ3) is 2.37. The van der Waals surface area contributed by atoms with Crippen molar-refractivity contribution in [2.45, 2.75) is 6.61 Å². The van der Waals surface area contributed by atoms with Gasteiger partial charge in [0.1, 0.15) is 18.2 Å². The summed E-state index contributed by atoms with van der Waals surface area (Å²) in [6, 6.07) is 13.9. The Morgan fingerprint density at radius 3 is 2.70 bits per heavy atom. The highest BCUT2D eigenvalue weighted by atomic mass is 35.5. The van der Waals surface area contributed by atoms with Crippen molar-refractivity contribution in [3.05, 3.63) is 65.1 Å². The molecule has 1 aromatic heterocycles. The quantitative estimate of drug-likeness (QED) is 0.690. The van der Waals surface area contributed by atoms with E-state index in [1.165, 1.54) is 12.1 Å². The lowest BCUT2D eigenvalue weighted by Gasteiger charge is -2.08. The summed E-state index contributed by atoms with van der Waals surface area (Å²) < 4.78 is 20.7. The van der Waals surface area contributed by atoms with Gasteiger partial charge in [-0.25, -0.2) is 4.39 Å². The molecule has 2 nitrogen and oxygen atoms in total. The van der Waals surface area contributed by atoms with E-state index in [1.807, 2.05) is 35.9 Å². The molecule has 3 rings (SSSR count). The molecule has 0 radical (unpaired) electrons. The first-order valence-electron chi connectivity index (χ1n) is 6.26. The predicted octanol–water partition coefficient (Wildman–Crippen LogP) is 4.55. The van der Waals surface area contributed by atoms with Crippen molar-refractivity contribution in [2.75, 3.05) is 0 Å². The van der Waals surface area contributed by atoms with Crippen molar-refractivity contribution in [3.63, 3.8) is 0 Å². The van der Waals surface area contributed by atoms with Crippen LogP contribution in [0.1, 0.15) is 5.69 Å². The number of rotatable bonds is 3. The first-order valence-corrected chi connectivity index (χ1v) is 6.64. The van der Waals surface area contributed by atoms with E-state index in [9.17, 15) is 4.39 Å². The van der Waals surface area contributed by atoms with Crippen molar-refractivity contribution in [3.8, 4) is 5.75 Å². The van der Waals surface area contributed by atoms with Crippen LogP contribution in [0.5, 0.6) is 5.75 Å². The molecule has 0 N–H and O–H groups in total. The Morgan fingerprint density at radius 1 is 1.15 bits per heavy atom. The molecule has 0 saturated carbocycles. The lowest BCUT2D eigenvalue weighted by atomic mass is 10.2. The van der Waals surface area contributed by atoms with Crippen LogP contribution in [0.15, 0.2) is 48.5 Å². The van der Waals surface area contributed by atoms with Crippen LogP contribution in [-0.4, -0.2) is 4.57 Å². The van der Waals surface area contributed by atoms with Gasteiger partial charge < -0.3 is 9.30 Å². The molecule has 102 valence electrons. The Bertz CT molecular complexity index is 766. The summed E-state index contributed by atoms with van der Waals surface area (Å²) in [5.41, 5.74) is 1.96. The van der Waals surface area contributed by atoms with Crippen LogP contribution in [0, 0.1) is 5.82 Å². The maximum atomic E-state index is 13.1. The summed E-state index contributed by atoms with van der Waals surface area (Å²) in [6.45, 7) is 0.366. The van der Waals surface area contributed by atoms with Crippen molar-refractivity contribution in [1.82, 2.24) is 4.57 Å². The minimum atomic E-state index is -0.303. The highest BCUT2D eigenvalue weighted by Gasteiger charge is 2.09. The Hall–Kier alpha value is -2.00. The van der Waals surface area contributed by atoms with E-state index in [2.05, 4.69) is 0 Å². The SMILES string of the molecule is Cn1c(COc2cccc(F)c2)cc2cccc(Cl)c21. The molecule has 4 heteroatoms. The van der Waals surface area contributed by atoms with Gasteiger partial charge in [-0.3, -0.25) is 0 Å². The molecular formula is C16H13ClFNO. The van der Waals surface area contributed by atoms with Crippen molar-refractivity contribution >= 4 is 22.5 Å². The van der Waals surface area contributed by atoms with Gasteiger partial charge in [0.2, 0.25) is 0 Å². The second kappa shape index (κ2) is 5.17. The standard InChI is InChI=1S/C16H13ClFNO/c1-19-13(8-11-4-2-7-15(17)16(11)19)10-20-14-6-3-5-12(18)9-14/h2-9H,10H2,1H3. The Balaban J connectivity index is 1.88. The summed E-state index contributed by atoms with van der Waals surface area (Å²) in [5.74, 6) is 0.212. The smallest absolute Gasteiger partial charge is 0.128 e. The number of ether oxygens (including phenoxy) is 1. The monoisotopic (exact) mass is 289 g/mol. The molecule has 2 aromatic carbocycles. The summed E-state index contributed by atoms with van der Waals surface area (Å²) in [5, 5.41) is 1.78. The first kappa shape index (κ1) is 13.0. The van der Waals surface area contributed by atoms with Gasteiger partial charge in [-0.15, -0.1) is 0 Å². The molecule has 1 heterocycles. The molecule has 3 aromatic rings. The normalized spacial score (nSPS) is 10.9. The maximum absolute atomic E-state index is 13.1. The van der Waals surface area contributed by atoms with Crippen molar-refractivity contribution < 1.29 is 9.13 Å². The molecule has 0 aliphatic heterocycles. The van der Waals surface area contributed by atoms with E-state index in [1.54, 1.807) is 12.1 Å².